The molecule has 7 nitrogen and oxygen atoms in total. The molecular weight excluding hydrogens is 422 g/mol. The molecule has 2 amide bonds. The van der Waals surface area contributed by atoms with Gasteiger partial charge in [-0.25, -0.2) is 13.6 Å². The van der Waals surface area contributed by atoms with Gasteiger partial charge in [-0.1, -0.05) is 24.3 Å². The molecule has 0 aliphatic heterocycles. The molecule has 0 aliphatic rings. The summed E-state index contributed by atoms with van der Waals surface area (Å²) in [5.41, 5.74) is 1.31. The van der Waals surface area contributed by atoms with E-state index in [0.29, 0.717) is 23.0 Å². The SMILES string of the molecule is NS(=O)(=O)c1ccc(CCNC(=O)CNC(=O)c2ccccc2Br)cc1. The second kappa shape index (κ2) is 8.93. The smallest absolute Gasteiger partial charge is 0.252 e. The van der Waals surface area contributed by atoms with Gasteiger partial charge < -0.3 is 10.6 Å². The van der Waals surface area contributed by atoms with Crippen molar-refractivity contribution >= 4 is 37.8 Å². The van der Waals surface area contributed by atoms with Crippen LogP contribution in [0.1, 0.15) is 15.9 Å². The van der Waals surface area contributed by atoms with Gasteiger partial charge in [-0.15, -0.1) is 0 Å². The molecule has 0 fully saturated rings. The van der Waals surface area contributed by atoms with Crippen LogP contribution >= 0.6 is 15.9 Å². The van der Waals surface area contributed by atoms with Crippen LogP contribution in [0.4, 0.5) is 0 Å². The quantitative estimate of drug-likeness (QED) is 0.599. The van der Waals surface area contributed by atoms with Gasteiger partial charge in [-0.3, -0.25) is 9.59 Å². The highest BCUT2D eigenvalue weighted by atomic mass is 79.9. The van der Waals surface area contributed by atoms with Gasteiger partial charge in [-0.2, -0.15) is 0 Å². The average molecular weight is 440 g/mol. The molecule has 0 radical (unpaired) electrons. The number of sulfonamides is 1. The minimum absolute atomic E-state index is 0.0417. The first-order valence-electron chi connectivity index (χ1n) is 7.68. The van der Waals surface area contributed by atoms with E-state index in [9.17, 15) is 18.0 Å². The highest BCUT2D eigenvalue weighted by molar-refractivity contribution is 9.10. The largest absolute Gasteiger partial charge is 0.354 e. The van der Waals surface area contributed by atoms with E-state index in [4.69, 9.17) is 5.14 Å². The number of nitrogens with one attached hydrogen (secondary N) is 2. The summed E-state index contributed by atoms with van der Waals surface area (Å²) in [5, 5.41) is 10.3. The van der Waals surface area contributed by atoms with E-state index in [-0.39, 0.29) is 23.3 Å². The maximum atomic E-state index is 12.0. The number of carbonyl (C=O) groups excluding carboxylic acids is 2. The van der Waals surface area contributed by atoms with E-state index in [1.807, 2.05) is 0 Å². The number of primary sulfonamides is 1. The monoisotopic (exact) mass is 439 g/mol. The van der Waals surface area contributed by atoms with Crippen molar-refractivity contribution in [1.29, 1.82) is 0 Å². The lowest BCUT2D eigenvalue weighted by Gasteiger charge is -2.08. The molecule has 26 heavy (non-hydrogen) atoms. The second-order valence-corrected chi connectivity index (χ2v) is 7.87. The van der Waals surface area contributed by atoms with Crippen LogP contribution < -0.4 is 15.8 Å². The van der Waals surface area contributed by atoms with Gasteiger partial charge in [0, 0.05) is 11.0 Å². The number of nitrogens with two attached hydrogens (primary N) is 1. The Bertz CT molecular complexity index is 898. The van der Waals surface area contributed by atoms with Crippen molar-refractivity contribution in [3.8, 4) is 0 Å². The molecule has 0 saturated carbocycles. The minimum atomic E-state index is -3.71. The van der Waals surface area contributed by atoms with Crippen LogP contribution in [-0.4, -0.2) is 33.3 Å². The average Bonchev–Trinajstić information content (AvgIpc) is 2.60. The maximum absolute atomic E-state index is 12.0. The van der Waals surface area contributed by atoms with Gasteiger partial charge >= 0.3 is 0 Å². The predicted molar refractivity (Wildman–Crippen MR) is 101 cm³/mol. The molecule has 9 heteroatoms. The first-order chi connectivity index (χ1) is 12.3. The summed E-state index contributed by atoms with van der Waals surface area (Å²) in [4.78, 5) is 23.8. The van der Waals surface area contributed by atoms with Crippen molar-refractivity contribution in [1.82, 2.24) is 10.6 Å². The molecule has 0 atom stereocenters. The van der Waals surface area contributed by atoms with Crippen LogP contribution in [0.5, 0.6) is 0 Å². The van der Waals surface area contributed by atoms with E-state index < -0.39 is 10.0 Å². The van der Waals surface area contributed by atoms with Crippen LogP contribution in [0.15, 0.2) is 57.9 Å². The minimum Gasteiger partial charge on any atom is -0.354 e. The third-order valence-corrected chi connectivity index (χ3v) is 5.14. The van der Waals surface area contributed by atoms with Gasteiger partial charge in [0.05, 0.1) is 17.0 Å². The number of hydrogen-bond acceptors (Lipinski definition) is 4. The summed E-state index contributed by atoms with van der Waals surface area (Å²) in [6.07, 6.45) is 0.523. The number of carbonyl (C=O) groups is 2. The highest BCUT2D eigenvalue weighted by Crippen LogP contribution is 2.15. The van der Waals surface area contributed by atoms with Crippen LogP contribution in [0, 0.1) is 0 Å². The lowest BCUT2D eigenvalue weighted by atomic mass is 10.1. The normalized spacial score (nSPS) is 11.0. The molecule has 4 N–H and O–H groups in total. The van der Waals surface area contributed by atoms with Crippen molar-refractivity contribution < 1.29 is 18.0 Å². The van der Waals surface area contributed by atoms with E-state index in [2.05, 4.69) is 26.6 Å². The molecule has 0 aliphatic carbocycles. The summed E-state index contributed by atoms with van der Waals surface area (Å²) >= 11 is 3.28. The van der Waals surface area contributed by atoms with Crippen molar-refractivity contribution in [2.75, 3.05) is 13.1 Å². The summed E-state index contributed by atoms with van der Waals surface area (Å²) in [5.74, 6) is -0.655. The standard InChI is InChI=1S/C17H18BrN3O4S/c18-15-4-2-1-3-14(15)17(23)21-11-16(22)20-10-9-12-5-7-13(8-6-12)26(19,24)25/h1-8H,9-11H2,(H,20,22)(H,21,23)(H2,19,24,25). The molecule has 0 unspecified atom stereocenters. The van der Waals surface area contributed by atoms with Crippen LogP contribution in [0.3, 0.4) is 0 Å². The van der Waals surface area contributed by atoms with Gasteiger partial charge in [0.15, 0.2) is 0 Å². The van der Waals surface area contributed by atoms with Gasteiger partial charge in [-0.05, 0) is 52.2 Å². The summed E-state index contributed by atoms with van der Waals surface area (Å²) in [7, 11) is -3.71. The maximum Gasteiger partial charge on any atom is 0.252 e. The van der Waals surface area contributed by atoms with E-state index in [0.717, 1.165) is 5.56 Å². The Morgan fingerprint density at radius 3 is 2.27 bits per heavy atom. The van der Waals surface area contributed by atoms with Crippen molar-refractivity contribution in [2.45, 2.75) is 11.3 Å². The fourth-order valence-corrected chi connectivity index (χ4v) is 3.14. The molecular formula is C17H18BrN3O4S. The molecule has 0 aromatic heterocycles. The third kappa shape index (κ3) is 5.94. The molecule has 2 aromatic carbocycles. The predicted octanol–water partition coefficient (Wildman–Crippen LogP) is 1.19. The lowest BCUT2D eigenvalue weighted by Crippen LogP contribution is -2.37. The molecule has 0 heterocycles. The molecule has 2 rings (SSSR count). The van der Waals surface area contributed by atoms with E-state index in [1.165, 1.54) is 12.1 Å². The zero-order valence-electron chi connectivity index (χ0n) is 13.7. The summed E-state index contributed by atoms with van der Waals surface area (Å²) in [6.45, 7) is 0.225. The fourth-order valence-electron chi connectivity index (χ4n) is 2.16. The number of rotatable bonds is 7. The third-order valence-electron chi connectivity index (χ3n) is 3.52. The lowest BCUT2D eigenvalue weighted by molar-refractivity contribution is -0.120. The zero-order valence-corrected chi connectivity index (χ0v) is 16.1. The first-order valence-corrected chi connectivity index (χ1v) is 10.0. The highest BCUT2D eigenvalue weighted by Gasteiger charge is 2.11. The second-order valence-electron chi connectivity index (χ2n) is 5.45. The Morgan fingerprint density at radius 1 is 1.00 bits per heavy atom. The summed E-state index contributed by atoms with van der Waals surface area (Å²) in [6, 6.07) is 13.1. The van der Waals surface area contributed by atoms with Gasteiger partial charge in [0.2, 0.25) is 15.9 Å². The van der Waals surface area contributed by atoms with Crippen molar-refractivity contribution in [3.05, 3.63) is 64.1 Å². The molecule has 2 aromatic rings. The molecule has 138 valence electrons. The van der Waals surface area contributed by atoms with Gasteiger partial charge in [0.25, 0.3) is 5.91 Å². The zero-order chi connectivity index (χ0) is 19.2. The Labute approximate surface area is 160 Å². The van der Waals surface area contributed by atoms with Crippen molar-refractivity contribution in [2.24, 2.45) is 5.14 Å². The van der Waals surface area contributed by atoms with Gasteiger partial charge in [0.1, 0.15) is 0 Å². The first kappa shape index (κ1) is 20.1. The van der Waals surface area contributed by atoms with Crippen LogP contribution in [-0.2, 0) is 21.2 Å². The molecule has 0 spiro atoms. The number of halogens is 1. The van der Waals surface area contributed by atoms with E-state index >= 15 is 0 Å². The summed E-state index contributed by atoms with van der Waals surface area (Å²) < 4.78 is 23.0. The molecule has 0 saturated heterocycles. The Balaban J connectivity index is 1.75. The Morgan fingerprint density at radius 2 is 1.65 bits per heavy atom. The number of benzene rings is 2. The topological polar surface area (TPSA) is 118 Å². The Kier molecular flexibility index (Phi) is 6.90. The van der Waals surface area contributed by atoms with E-state index in [1.54, 1.807) is 36.4 Å². The van der Waals surface area contributed by atoms with Crippen molar-refractivity contribution in [3.63, 3.8) is 0 Å². The molecule has 0 bridgehead atoms. The fraction of sp³-hybridized carbons (Fsp3) is 0.176. The number of hydrogen-bond donors (Lipinski definition) is 3. The van der Waals surface area contributed by atoms with Crippen LogP contribution in [0.2, 0.25) is 0 Å². The number of amides is 2. The van der Waals surface area contributed by atoms with Crippen LogP contribution in [0.25, 0.3) is 0 Å². The Hall–Kier alpha value is -2.23.